The van der Waals surface area contributed by atoms with Gasteiger partial charge in [-0.3, -0.25) is 0 Å². The van der Waals surface area contributed by atoms with Crippen LogP contribution in [0.5, 0.6) is 11.5 Å². The van der Waals surface area contributed by atoms with Gasteiger partial charge >= 0.3 is 0 Å². The minimum atomic E-state index is 0.178. The normalized spacial score (nSPS) is 14.2. The Morgan fingerprint density at radius 1 is 1.33 bits per heavy atom. The lowest BCUT2D eigenvalue weighted by Crippen LogP contribution is -2.23. The fourth-order valence-corrected chi connectivity index (χ4v) is 2.62. The first-order valence-electron chi connectivity index (χ1n) is 7.18. The van der Waals surface area contributed by atoms with Crippen LogP contribution in [0.2, 0.25) is 12.6 Å². The molecule has 0 fully saturated rings. The molecule has 21 heavy (non-hydrogen) atoms. The second-order valence-electron chi connectivity index (χ2n) is 5.33. The second kappa shape index (κ2) is 7.08. The summed E-state index contributed by atoms with van der Waals surface area (Å²) in [5.74, 6) is 3.99. The molecule has 5 heteroatoms. The predicted octanol–water partition coefficient (Wildman–Crippen LogP) is 2.98. The van der Waals surface area contributed by atoms with Crippen molar-refractivity contribution in [2.75, 3.05) is 21.3 Å². The highest BCUT2D eigenvalue weighted by Gasteiger charge is 2.20. The molecule has 2 rings (SSSR count). The summed E-state index contributed by atoms with van der Waals surface area (Å²) in [4.78, 5) is 2.23. The Kier molecular flexibility index (Phi) is 5.16. The molecule has 0 amide bonds. The Labute approximate surface area is 127 Å². The molecule has 0 aromatic heterocycles. The molecule has 0 aliphatic carbocycles. The lowest BCUT2D eigenvalue weighted by atomic mass is 9.44. The summed E-state index contributed by atoms with van der Waals surface area (Å²) in [5, 5.41) is 8.95. The number of nitrogens with zero attached hydrogens (tertiary/aromatic N) is 2. The van der Waals surface area contributed by atoms with E-state index in [2.05, 4.69) is 24.0 Å². The van der Waals surface area contributed by atoms with E-state index in [1.54, 1.807) is 14.2 Å². The molecule has 0 N–H and O–H groups in total. The van der Waals surface area contributed by atoms with Crippen LogP contribution in [-0.2, 0) is 6.54 Å². The molecule has 1 aromatic rings. The van der Waals surface area contributed by atoms with E-state index < -0.39 is 0 Å². The van der Waals surface area contributed by atoms with Crippen molar-refractivity contribution in [2.45, 2.75) is 25.6 Å². The summed E-state index contributed by atoms with van der Waals surface area (Å²) >= 11 is 0. The van der Waals surface area contributed by atoms with Crippen molar-refractivity contribution in [3.8, 4) is 17.5 Å². The van der Waals surface area contributed by atoms with Crippen LogP contribution in [0, 0.1) is 11.2 Å². The third-order valence-electron chi connectivity index (χ3n) is 3.96. The molecule has 1 heterocycles. The first-order valence-corrected chi connectivity index (χ1v) is 7.18. The molecule has 0 radical (unpaired) electrons. The maximum absolute atomic E-state index is 8.95. The Morgan fingerprint density at radius 3 is 2.71 bits per heavy atom. The largest absolute Gasteiger partial charge is 0.497 e. The zero-order chi connectivity index (χ0) is 15.2. The third-order valence-corrected chi connectivity index (χ3v) is 3.96. The number of hydrogen-bond donors (Lipinski definition) is 0. The Bertz CT molecular complexity index is 566. The Hall–Kier alpha value is -2.09. The van der Waals surface area contributed by atoms with Crippen LogP contribution in [0.15, 0.2) is 30.0 Å². The molecule has 1 aliphatic heterocycles. The van der Waals surface area contributed by atoms with Gasteiger partial charge in [-0.15, -0.1) is 0 Å². The van der Waals surface area contributed by atoms with E-state index in [0.29, 0.717) is 0 Å². The van der Waals surface area contributed by atoms with Gasteiger partial charge in [-0.1, -0.05) is 12.4 Å². The summed E-state index contributed by atoms with van der Waals surface area (Å²) in [6.07, 6.45) is 4.96. The molecule has 0 saturated carbocycles. The van der Waals surface area contributed by atoms with Gasteiger partial charge in [0.25, 0.3) is 6.71 Å². The van der Waals surface area contributed by atoms with Gasteiger partial charge in [-0.2, -0.15) is 0 Å². The molecule has 4 nitrogen and oxygen atoms in total. The molecule has 0 saturated heterocycles. The number of nitriles is 1. The summed E-state index contributed by atoms with van der Waals surface area (Å²) in [6, 6.07) is 5.90. The molecule has 0 unspecified atom stereocenters. The van der Waals surface area contributed by atoms with E-state index in [1.807, 2.05) is 18.2 Å². The van der Waals surface area contributed by atoms with Crippen molar-refractivity contribution in [3.63, 3.8) is 0 Å². The maximum Gasteiger partial charge on any atom is 0.272 e. The summed E-state index contributed by atoms with van der Waals surface area (Å²) in [6.45, 7) is 0.966. The van der Waals surface area contributed by atoms with Gasteiger partial charge in [0.1, 0.15) is 11.5 Å². The van der Waals surface area contributed by atoms with Crippen LogP contribution in [0.25, 0.3) is 0 Å². The van der Waals surface area contributed by atoms with E-state index >= 15 is 0 Å². The van der Waals surface area contributed by atoms with Gasteiger partial charge in [0.2, 0.25) is 0 Å². The maximum atomic E-state index is 8.95. The smallest absolute Gasteiger partial charge is 0.272 e. The number of benzene rings is 1. The second-order valence-corrected chi connectivity index (χ2v) is 5.33. The topological polar surface area (TPSA) is 45.5 Å². The average molecular weight is 284 g/mol. The van der Waals surface area contributed by atoms with E-state index in [4.69, 9.17) is 14.7 Å². The zero-order valence-electron chi connectivity index (χ0n) is 12.9. The van der Waals surface area contributed by atoms with Gasteiger partial charge in [-0.25, -0.2) is 5.26 Å². The quantitative estimate of drug-likeness (QED) is 0.780. The SMILES string of the molecule is COc1ccc(CN(C)C2=CCB(C#N)CC2)c(OC)c1. The fourth-order valence-electron chi connectivity index (χ4n) is 2.62. The third kappa shape index (κ3) is 3.72. The monoisotopic (exact) mass is 284 g/mol. The summed E-state index contributed by atoms with van der Waals surface area (Å²) in [5.41, 5.74) is 2.43. The Balaban J connectivity index is 2.08. The standard InChI is InChI=1S/C16H21BN2O2/c1-19(14-6-8-17(12-18)9-7-14)11-13-4-5-15(20-2)10-16(13)21-3/h4-6,10H,7-9,11H2,1-3H3. The van der Waals surface area contributed by atoms with E-state index in [0.717, 1.165) is 42.7 Å². The minimum absolute atomic E-state index is 0.178. The molecular weight excluding hydrogens is 263 g/mol. The van der Waals surface area contributed by atoms with Gasteiger partial charge in [0, 0.05) is 36.9 Å². The van der Waals surface area contributed by atoms with Crippen LogP contribution < -0.4 is 9.47 Å². The molecule has 1 aliphatic rings. The zero-order valence-corrected chi connectivity index (χ0v) is 12.9. The summed E-state index contributed by atoms with van der Waals surface area (Å²) in [7, 11) is 5.41. The number of hydrogen-bond acceptors (Lipinski definition) is 4. The van der Waals surface area contributed by atoms with Crippen molar-refractivity contribution >= 4 is 6.71 Å². The lowest BCUT2D eigenvalue weighted by molar-refractivity contribution is 0.364. The number of ether oxygens (including phenoxy) is 2. The Morgan fingerprint density at radius 2 is 2.14 bits per heavy atom. The van der Waals surface area contributed by atoms with Gasteiger partial charge < -0.3 is 14.4 Å². The highest BCUT2D eigenvalue weighted by Crippen LogP contribution is 2.28. The van der Waals surface area contributed by atoms with Crippen molar-refractivity contribution in [2.24, 2.45) is 0 Å². The van der Waals surface area contributed by atoms with E-state index in [1.165, 1.54) is 5.70 Å². The molecule has 0 atom stereocenters. The first kappa shape index (κ1) is 15.3. The highest BCUT2D eigenvalue weighted by atomic mass is 16.5. The molecule has 110 valence electrons. The first-order chi connectivity index (χ1) is 10.2. The summed E-state index contributed by atoms with van der Waals surface area (Å²) < 4.78 is 10.7. The predicted molar refractivity (Wildman–Crippen MR) is 84.7 cm³/mol. The van der Waals surface area contributed by atoms with Crippen molar-refractivity contribution in [1.29, 1.82) is 5.26 Å². The van der Waals surface area contributed by atoms with Crippen LogP contribution >= 0.6 is 0 Å². The van der Waals surface area contributed by atoms with Crippen molar-refractivity contribution in [1.82, 2.24) is 4.90 Å². The molecule has 0 bridgehead atoms. The number of allylic oxidation sites excluding steroid dienone is 2. The highest BCUT2D eigenvalue weighted by molar-refractivity contribution is 6.67. The van der Waals surface area contributed by atoms with Crippen LogP contribution in [0.1, 0.15) is 12.0 Å². The lowest BCUT2D eigenvalue weighted by Gasteiger charge is -2.26. The van der Waals surface area contributed by atoms with Crippen molar-refractivity contribution in [3.05, 3.63) is 35.5 Å². The van der Waals surface area contributed by atoms with E-state index in [-0.39, 0.29) is 6.71 Å². The number of rotatable bonds is 5. The van der Waals surface area contributed by atoms with Crippen LogP contribution in [0.4, 0.5) is 0 Å². The van der Waals surface area contributed by atoms with Crippen LogP contribution in [0.3, 0.4) is 0 Å². The minimum Gasteiger partial charge on any atom is -0.497 e. The van der Waals surface area contributed by atoms with Crippen molar-refractivity contribution < 1.29 is 9.47 Å². The van der Waals surface area contributed by atoms with Gasteiger partial charge in [0.15, 0.2) is 0 Å². The van der Waals surface area contributed by atoms with E-state index in [9.17, 15) is 0 Å². The molecular formula is C16H21BN2O2. The van der Waals surface area contributed by atoms with Crippen LogP contribution in [-0.4, -0.2) is 32.9 Å². The van der Waals surface area contributed by atoms with Gasteiger partial charge in [0.05, 0.1) is 14.2 Å². The molecule has 1 aromatic carbocycles. The average Bonchev–Trinajstić information content (AvgIpc) is 2.55. The molecule has 0 spiro atoms. The number of methoxy groups -OCH3 is 2. The fraction of sp³-hybridized carbons (Fsp3) is 0.438. The van der Waals surface area contributed by atoms with Gasteiger partial charge in [-0.05, 0) is 24.9 Å².